The number of nitrogens with two attached hydrogens (primary N) is 1. The fourth-order valence-corrected chi connectivity index (χ4v) is 2.25. The zero-order chi connectivity index (χ0) is 17.4. The molecule has 0 aliphatic rings. The van der Waals surface area contributed by atoms with Gasteiger partial charge in [-0.1, -0.05) is 48.5 Å². The molecule has 2 aromatic rings. The number of benzene rings is 2. The summed E-state index contributed by atoms with van der Waals surface area (Å²) >= 11 is 4.05. The van der Waals surface area contributed by atoms with E-state index < -0.39 is 12.0 Å². The van der Waals surface area contributed by atoms with Gasteiger partial charge in [-0.05, 0) is 17.7 Å². The summed E-state index contributed by atoms with van der Waals surface area (Å²) in [7, 11) is 0. The standard InChI is InChI=1S/C18H20N2O3S/c19-16(13-24)18(22)20(15-9-5-2-6-10-15)11-17(21)23-12-14-7-3-1-4-8-14/h1-10,16,24H,11-13,19H2/t16-/m0/s1. The van der Waals surface area contributed by atoms with Crippen LogP contribution in [0.25, 0.3) is 0 Å². The number of amides is 1. The van der Waals surface area contributed by atoms with E-state index in [1.165, 1.54) is 4.90 Å². The highest BCUT2D eigenvalue weighted by Gasteiger charge is 2.24. The van der Waals surface area contributed by atoms with Gasteiger partial charge >= 0.3 is 5.97 Å². The van der Waals surface area contributed by atoms with Gasteiger partial charge in [-0.2, -0.15) is 12.6 Å². The third kappa shape index (κ3) is 5.11. The van der Waals surface area contributed by atoms with E-state index in [0.29, 0.717) is 5.69 Å². The fraction of sp³-hybridized carbons (Fsp3) is 0.222. The normalized spacial score (nSPS) is 11.6. The number of carbonyl (C=O) groups excluding carboxylic acids is 2. The molecular weight excluding hydrogens is 324 g/mol. The molecule has 126 valence electrons. The SMILES string of the molecule is N[C@@H](CS)C(=O)N(CC(=O)OCc1ccccc1)c1ccccc1. The summed E-state index contributed by atoms with van der Waals surface area (Å²) in [5.74, 6) is -0.670. The molecule has 1 atom stereocenters. The lowest BCUT2D eigenvalue weighted by Gasteiger charge is -2.24. The summed E-state index contributed by atoms with van der Waals surface area (Å²) in [5.41, 5.74) is 7.25. The van der Waals surface area contributed by atoms with Crippen LogP contribution in [0.5, 0.6) is 0 Å². The Morgan fingerprint density at radius 2 is 1.62 bits per heavy atom. The molecule has 2 aromatic carbocycles. The van der Waals surface area contributed by atoms with Crippen molar-refractivity contribution in [1.82, 2.24) is 0 Å². The molecule has 2 rings (SSSR count). The smallest absolute Gasteiger partial charge is 0.326 e. The highest BCUT2D eigenvalue weighted by atomic mass is 32.1. The van der Waals surface area contributed by atoms with Crippen LogP contribution in [-0.2, 0) is 20.9 Å². The second kappa shape index (κ2) is 9.10. The van der Waals surface area contributed by atoms with E-state index in [-0.39, 0.29) is 24.8 Å². The van der Waals surface area contributed by atoms with Gasteiger partial charge in [0.25, 0.3) is 0 Å². The number of hydrogen-bond acceptors (Lipinski definition) is 5. The molecule has 0 aromatic heterocycles. The van der Waals surface area contributed by atoms with E-state index in [1.807, 2.05) is 36.4 Å². The number of esters is 1. The lowest BCUT2D eigenvalue weighted by atomic mass is 10.2. The molecule has 0 bridgehead atoms. The van der Waals surface area contributed by atoms with Gasteiger partial charge < -0.3 is 10.5 Å². The van der Waals surface area contributed by atoms with Crippen molar-refractivity contribution in [2.75, 3.05) is 17.2 Å². The second-order valence-corrected chi connectivity index (χ2v) is 5.56. The molecule has 0 heterocycles. The maximum absolute atomic E-state index is 12.4. The van der Waals surface area contributed by atoms with E-state index in [4.69, 9.17) is 10.5 Å². The Bertz CT molecular complexity index is 664. The lowest BCUT2D eigenvalue weighted by Crippen LogP contribution is -2.47. The first-order valence-electron chi connectivity index (χ1n) is 7.54. The number of hydrogen-bond donors (Lipinski definition) is 2. The van der Waals surface area contributed by atoms with Crippen molar-refractivity contribution in [1.29, 1.82) is 0 Å². The van der Waals surface area contributed by atoms with Crippen molar-refractivity contribution in [3.63, 3.8) is 0 Å². The van der Waals surface area contributed by atoms with Gasteiger partial charge in [-0.3, -0.25) is 14.5 Å². The Balaban J connectivity index is 2.04. The van der Waals surface area contributed by atoms with Crippen LogP contribution in [0.15, 0.2) is 60.7 Å². The second-order valence-electron chi connectivity index (χ2n) is 5.20. The van der Waals surface area contributed by atoms with Crippen molar-refractivity contribution in [2.45, 2.75) is 12.6 Å². The number of anilines is 1. The predicted molar refractivity (Wildman–Crippen MR) is 96.9 cm³/mol. The lowest BCUT2D eigenvalue weighted by molar-refractivity contribution is -0.144. The Kier molecular flexibility index (Phi) is 6.84. The molecule has 0 aliphatic carbocycles. The minimum atomic E-state index is -0.782. The highest BCUT2D eigenvalue weighted by Crippen LogP contribution is 2.15. The van der Waals surface area contributed by atoms with Gasteiger partial charge in [-0.15, -0.1) is 0 Å². The minimum absolute atomic E-state index is 0.162. The summed E-state index contributed by atoms with van der Waals surface area (Å²) in [6.07, 6.45) is 0. The number of ether oxygens (including phenoxy) is 1. The minimum Gasteiger partial charge on any atom is -0.459 e. The number of thiol groups is 1. The van der Waals surface area contributed by atoms with Crippen molar-refractivity contribution < 1.29 is 14.3 Å². The Morgan fingerprint density at radius 1 is 1.04 bits per heavy atom. The van der Waals surface area contributed by atoms with Gasteiger partial charge in [0.15, 0.2) is 0 Å². The third-order valence-electron chi connectivity index (χ3n) is 3.38. The van der Waals surface area contributed by atoms with Crippen LogP contribution in [0.4, 0.5) is 5.69 Å². The average Bonchev–Trinajstić information content (AvgIpc) is 2.64. The molecule has 0 spiro atoms. The van der Waals surface area contributed by atoms with Crippen LogP contribution < -0.4 is 10.6 Å². The average molecular weight is 344 g/mol. The Morgan fingerprint density at radius 3 is 2.21 bits per heavy atom. The molecule has 0 unspecified atom stereocenters. The number of para-hydroxylation sites is 1. The van der Waals surface area contributed by atoms with Crippen LogP contribution in [0.3, 0.4) is 0 Å². The zero-order valence-electron chi connectivity index (χ0n) is 13.2. The van der Waals surface area contributed by atoms with Gasteiger partial charge in [0.05, 0.1) is 6.04 Å². The Hall–Kier alpha value is -2.31. The van der Waals surface area contributed by atoms with E-state index in [0.717, 1.165) is 5.56 Å². The molecule has 0 saturated carbocycles. The number of rotatable bonds is 7. The van der Waals surface area contributed by atoms with Crippen molar-refractivity contribution >= 4 is 30.2 Å². The molecule has 2 N–H and O–H groups in total. The summed E-state index contributed by atoms with van der Waals surface area (Å²) < 4.78 is 5.25. The maximum Gasteiger partial charge on any atom is 0.326 e. The van der Waals surface area contributed by atoms with Crippen LogP contribution in [0.1, 0.15) is 5.56 Å². The van der Waals surface area contributed by atoms with Crippen LogP contribution in [0.2, 0.25) is 0 Å². The fourth-order valence-electron chi connectivity index (χ4n) is 2.10. The van der Waals surface area contributed by atoms with Crippen LogP contribution in [-0.4, -0.2) is 30.2 Å². The summed E-state index contributed by atoms with van der Waals surface area (Å²) in [5, 5.41) is 0. The van der Waals surface area contributed by atoms with E-state index in [1.54, 1.807) is 24.3 Å². The third-order valence-corrected chi connectivity index (χ3v) is 3.77. The molecule has 24 heavy (non-hydrogen) atoms. The van der Waals surface area contributed by atoms with Crippen LogP contribution in [0, 0.1) is 0 Å². The number of carbonyl (C=O) groups is 2. The van der Waals surface area contributed by atoms with Gasteiger partial charge in [-0.25, -0.2) is 0 Å². The maximum atomic E-state index is 12.4. The first kappa shape index (κ1) is 18.0. The molecule has 0 saturated heterocycles. The molecular formula is C18H20N2O3S. The van der Waals surface area contributed by atoms with E-state index in [2.05, 4.69) is 12.6 Å². The van der Waals surface area contributed by atoms with Gasteiger partial charge in [0, 0.05) is 11.4 Å². The monoisotopic (exact) mass is 344 g/mol. The largest absolute Gasteiger partial charge is 0.459 e. The van der Waals surface area contributed by atoms with Gasteiger partial charge in [0.2, 0.25) is 5.91 Å². The molecule has 1 amide bonds. The molecule has 0 fully saturated rings. The van der Waals surface area contributed by atoms with Crippen LogP contribution >= 0.6 is 12.6 Å². The van der Waals surface area contributed by atoms with E-state index >= 15 is 0 Å². The summed E-state index contributed by atoms with van der Waals surface area (Å²) in [6, 6.07) is 17.5. The van der Waals surface area contributed by atoms with Crippen molar-refractivity contribution in [3.05, 3.63) is 66.2 Å². The molecule has 0 radical (unpaired) electrons. The summed E-state index contributed by atoms with van der Waals surface area (Å²) in [6.45, 7) is -0.0354. The predicted octanol–water partition coefficient (Wildman–Crippen LogP) is 2.02. The quantitative estimate of drug-likeness (QED) is 0.595. The van der Waals surface area contributed by atoms with Gasteiger partial charge in [0.1, 0.15) is 13.2 Å². The Labute approximate surface area is 146 Å². The highest BCUT2D eigenvalue weighted by molar-refractivity contribution is 7.80. The molecule has 6 heteroatoms. The first-order chi connectivity index (χ1) is 11.6. The first-order valence-corrected chi connectivity index (χ1v) is 8.17. The summed E-state index contributed by atoms with van der Waals surface area (Å²) in [4.78, 5) is 25.9. The van der Waals surface area contributed by atoms with Crippen molar-refractivity contribution in [3.8, 4) is 0 Å². The number of nitrogens with zero attached hydrogens (tertiary/aromatic N) is 1. The topological polar surface area (TPSA) is 72.6 Å². The zero-order valence-corrected chi connectivity index (χ0v) is 14.1. The van der Waals surface area contributed by atoms with Crippen molar-refractivity contribution in [2.24, 2.45) is 5.73 Å². The van der Waals surface area contributed by atoms with E-state index in [9.17, 15) is 9.59 Å². The molecule has 5 nitrogen and oxygen atoms in total. The molecule has 0 aliphatic heterocycles.